The summed E-state index contributed by atoms with van der Waals surface area (Å²) in [4.78, 5) is 24.9. The third-order valence-electron chi connectivity index (χ3n) is 4.45. The molecule has 0 bridgehead atoms. The number of nitrogens with zero attached hydrogens (tertiary/aromatic N) is 4. The summed E-state index contributed by atoms with van der Waals surface area (Å²) in [5.41, 5.74) is 1.10. The van der Waals surface area contributed by atoms with E-state index in [1.165, 1.54) is 0 Å². The Morgan fingerprint density at radius 3 is 2.60 bits per heavy atom. The maximum Gasteiger partial charge on any atom is 0.243 e. The molecule has 2 aromatic rings. The lowest BCUT2D eigenvalue weighted by Gasteiger charge is -2.37. The second kappa shape index (κ2) is 8.04. The molecule has 1 aromatic carbocycles. The summed E-state index contributed by atoms with van der Waals surface area (Å²) in [6.45, 7) is 6.13. The van der Waals surface area contributed by atoms with Gasteiger partial charge in [-0.2, -0.15) is 0 Å². The van der Waals surface area contributed by atoms with Crippen molar-refractivity contribution in [2.75, 3.05) is 31.5 Å². The van der Waals surface area contributed by atoms with Gasteiger partial charge < -0.3 is 5.11 Å². The molecular weight excluding hydrogens is 318 g/mol. The van der Waals surface area contributed by atoms with E-state index >= 15 is 0 Å². The molecule has 1 aliphatic rings. The van der Waals surface area contributed by atoms with Crippen molar-refractivity contribution in [1.29, 1.82) is 0 Å². The number of phenolic OH excluding ortho intramolecular Hbond substituents is 1. The molecule has 0 aliphatic carbocycles. The first kappa shape index (κ1) is 17.3. The van der Waals surface area contributed by atoms with Gasteiger partial charge in [0.25, 0.3) is 0 Å². The number of rotatable bonds is 5. The Morgan fingerprint density at radius 2 is 1.92 bits per heavy atom. The maximum atomic E-state index is 12.3. The number of phenols is 1. The van der Waals surface area contributed by atoms with Gasteiger partial charge in [-0.1, -0.05) is 12.1 Å². The molecule has 25 heavy (non-hydrogen) atoms. The molecule has 0 saturated carbocycles. The van der Waals surface area contributed by atoms with Crippen LogP contribution in [0.25, 0.3) is 0 Å². The molecule has 132 valence electrons. The summed E-state index contributed by atoms with van der Waals surface area (Å²) in [5.74, 6) is 0.541. The summed E-state index contributed by atoms with van der Waals surface area (Å²) in [6.07, 6.45) is 3.21. The number of hydrogen-bond acceptors (Lipinski definition) is 6. The average Bonchev–Trinajstić information content (AvgIpc) is 2.62. The zero-order valence-corrected chi connectivity index (χ0v) is 14.3. The van der Waals surface area contributed by atoms with Crippen molar-refractivity contribution >= 4 is 11.9 Å². The number of amides is 1. The first-order chi connectivity index (χ1) is 12.1. The highest BCUT2D eigenvalue weighted by molar-refractivity contribution is 5.93. The third-order valence-corrected chi connectivity index (χ3v) is 4.45. The zero-order valence-electron chi connectivity index (χ0n) is 14.3. The highest BCUT2D eigenvalue weighted by Gasteiger charge is 2.26. The second-order valence-electron chi connectivity index (χ2n) is 6.22. The lowest BCUT2D eigenvalue weighted by atomic mass is 10.1. The van der Waals surface area contributed by atoms with E-state index in [0.29, 0.717) is 11.7 Å². The topological polar surface area (TPSA) is 81.6 Å². The van der Waals surface area contributed by atoms with Gasteiger partial charge in [0.15, 0.2) is 0 Å². The molecule has 3 rings (SSSR count). The Kier molecular flexibility index (Phi) is 5.57. The average molecular weight is 341 g/mol. The highest BCUT2D eigenvalue weighted by atomic mass is 16.3. The van der Waals surface area contributed by atoms with Gasteiger partial charge in [-0.15, -0.1) is 0 Å². The van der Waals surface area contributed by atoms with Crippen molar-refractivity contribution in [2.24, 2.45) is 0 Å². The quantitative estimate of drug-likeness (QED) is 0.854. The van der Waals surface area contributed by atoms with Crippen LogP contribution >= 0.6 is 0 Å². The molecule has 1 saturated heterocycles. The van der Waals surface area contributed by atoms with Gasteiger partial charge in [-0.25, -0.2) is 9.97 Å². The number of carbonyl (C=O) groups excluding carboxylic acids is 1. The van der Waals surface area contributed by atoms with Gasteiger partial charge in [0, 0.05) is 45.1 Å². The van der Waals surface area contributed by atoms with Crippen molar-refractivity contribution in [3.8, 4) is 5.75 Å². The Hall–Kier alpha value is -2.51. The van der Waals surface area contributed by atoms with E-state index in [4.69, 9.17) is 0 Å². The standard InChI is InChI=1S/C18H23N5O2/c1-14(17(25)21-18-19-6-3-7-20-18)23-10-8-22(9-11-23)13-15-4-2-5-16(24)12-15/h2-7,12,14,24H,8-11,13H2,1H3,(H,19,20,21,25)/t14-/m0/s1. The molecule has 2 N–H and O–H groups in total. The van der Waals surface area contributed by atoms with Crippen molar-refractivity contribution in [3.05, 3.63) is 48.3 Å². The molecule has 1 aromatic heterocycles. The minimum Gasteiger partial charge on any atom is -0.508 e. The monoisotopic (exact) mass is 341 g/mol. The van der Waals surface area contributed by atoms with E-state index in [0.717, 1.165) is 38.3 Å². The van der Waals surface area contributed by atoms with Crippen LogP contribution in [0.1, 0.15) is 12.5 Å². The summed E-state index contributed by atoms with van der Waals surface area (Å²) in [5, 5.41) is 12.3. The van der Waals surface area contributed by atoms with Crippen LogP contribution in [0.5, 0.6) is 5.75 Å². The predicted molar refractivity (Wildman–Crippen MR) is 95.1 cm³/mol. The Labute approximate surface area is 147 Å². The number of piperazine rings is 1. The zero-order chi connectivity index (χ0) is 17.6. The minimum atomic E-state index is -0.230. The van der Waals surface area contributed by atoms with Crippen molar-refractivity contribution in [3.63, 3.8) is 0 Å². The van der Waals surface area contributed by atoms with E-state index in [9.17, 15) is 9.90 Å². The maximum absolute atomic E-state index is 12.3. The van der Waals surface area contributed by atoms with Crippen LogP contribution in [0, 0.1) is 0 Å². The Morgan fingerprint density at radius 1 is 1.20 bits per heavy atom. The van der Waals surface area contributed by atoms with Crippen molar-refractivity contribution in [2.45, 2.75) is 19.5 Å². The molecule has 1 fully saturated rings. The van der Waals surface area contributed by atoms with Crippen LogP contribution in [0.15, 0.2) is 42.7 Å². The number of hydrogen-bond donors (Lipinski definition) is 2. The molecule has 1 amide bonds. The van der Waals surface area contributed by atoms with Gasteiger partial charge >= 0.3 is 0 Å². The summed E-state index contributed by atoms with van der Waals surface area (Å²) in [7, 11) is 0. The number of carbonyl (C=O) groups is 1. The molecular formula is C18H23N5O2. The SMILES string of the molecule is C[C@@H](C(=O)Nc1ncccn1)N1CCN(Cc2cccc(O)c2)CC1. The lowest BCUT2D eigenvalue weighted by molar-refractivity contribution is -0.121. The van der Waals surface area contributed by atoms with Crippen LogP contribution in [0.3, 0.4) is 0 Å². The second-order valence-corrected chi connectivity index (χ2v) is 6.22. The number of benzene rings is 1. The van der Waals surface area contributed by atoms with E-state index in [1.54, 1.807) is 30.6 Å². The Balaban J connectivity index is 1.48. The van der Waals surface area contributed by atoms with E-state index in [1.807, 2.05) is 19.1 Å². The minimum absolute atomic E-state index is 0.0902. The van der Waals surface area contributed by atoms with Crippen LogP contribution < -0.4 is 5.32 Å². The van der Waals surface area contributed by atoms with E-state index in [2.05, 4.69) is 25.1 Å². The fourth-order valence-corrected chi connectivity index (χ4v) is 2.97. The van der Waals surface area contributed by atoms with Crippen LogP contribution in [0.4, 0.5) is 5.95 Å². The molecule has 0 spiro atoms. The number of aromatic hydroxyl groups is 1. The van der Waals surface area contributed by atoms with Gasteiger partial charge in [-0.05, 0) is 30.7 Å². The smallest absolute Gasteiger partial charge is 0.243 e. The molecule has 1 aliphatic heterocycles. The molecule has 0 radical (unpaired) electrons. The molecule has 2 heterocycles. The fraction of sp³-hybridized carbons (Fsp3) is 0.389. The number of nitrogens with one attached hydrogen (secondary N) is 1. The largest absolute Gasteiger partial charge is 0.508 e. The number of anilines is 1. The molecule has 0 unspecified atom stereocenters. The van der Waals surface area contributed by atoms with Gasteiger partial charge in [-0.3, -0.25) is 19.9 Å². The summed E-state index contributed by atoms with van der Waals surface area (Å²) < 4.78 is 0. The molecule has 7 nitrogen and oxygen atoms in total. The van der Waals surface area contributed by atoms with Crippen LogP contribution in [0.2, 0.25) is 0 Å². The van der Waals surface area contributed by atoms with Gasteiger partial charge in [0.2, 0.25) is 11.9 Å². The van der Waals surface area contributed by atoms with E-state index in [-0.39, 0.29) is 11.9 Å². The summed E-state index contributed by atoms with van der Waals surface area (Å²) >= 11 is 0. The van der Waals surface area contributed by atoms with Crippen molar-refractivity contribution in [1.82, 2.24) is 19.8 Å². The van der Waals surface area contributed by atoms with Crippen LogP contribution in [-0.4, -0.2) is 63.0 Å². The van der Waals surface area contributed by atoms with Crippen molar-refractivity contribution < 1.29 is 9.90 Å². The van der Waals surface area contributed by atoms with E-state index < -0.39 is 0 Å². The fourth-order valence-electron chi connectivity index (χ4n) is 2.97. The first-order valence-electron chi connectivity index (χ1n) is 8.44. The number of aromatic nitrogens is 2. The predicted octanol–water partition coefficient (Wildman–Crippen LogP) is 1.33. The molecule has 1 atom stereocenters. The lowest BCUT2D eigenvalue weighted by Crippen LogP contribution is -2.52. The molecule has 7 heteroatoms. The Bertz CT molecular complexity index is 702. The first-order valence-corrected chi connectivity index (χ1v) is 8.44. The van der Waals surface area contributed by atoms with Gasteiger partial charge in [0.05, 0.1) is 6.04 Å². The van der Waals surface area contributed by atoms with Crippen LogP contribution in [-0.2, 0) is 11.3 Å². The highest BCUT2D eigenvalue weighted by Crippen LogP contribution is 2.15. The third kappa shape index (κ3) is 4.74. The normalized spacial score (nSPS) is 17.2. The summed E-state index contributed by atoms with van der Waals surface area (Å²) in [6, 6.07) is 8.83. The van der Waals surface area contributed by atoms with Gasteiger partial charge in [0.1, 0.15) is 5.75 Å².